The quantitative estimate of drug-likeness (QED) is 0.613. The van der Waals surface area contributed by atoms with E-state index in [1.165, 1.54) is 6.20 Å². The minimum absolute atomic E-state index is 0.156. The van der Waals surface area contributed by atoms with Crippen molar-refractivity contribution in [3.8, 4) is 0 Å². The van der Waals surface area contributed by atoms with Gasteiger partial charge in [-0.25, -0.2) is 0 Å². The maximum atomic E-state index is 12.0. The lowest BCUT2D eigenvalue weighted by Gasteiger charge is -2.17. The van der Waals surface area contributed by atoms with E-state index in [-0.39, 0.29) is 6.04 Å². The normalized spacial score (nSPS) is 12.2. The van der Waals surface area contributed by atoms with Crippen LogP contribution in [0.2, 0.25) is 0 Å². The first kappa shape index (κ1) is 20.1. The van der Waals surface area contributed by atoms with Gasteiger partial charge in [-0.05, 0) is 20.5 Å². The van der Waals surface area contributed by atoms with Gasteiger partial charge in [-0.3, -0.25) is 14.3 Å². The number of hydrogen-bond donors (Lipinski definition) is 2. The van der Waals surface area contributed by atoms with Crippen LogP contribution in [0.5, 0.6) is 0 Å². The fourth-order valence-electron chi connectivity index (χ4n) is 2.14. The number of carbonyl (C=O) groups excluding carboxylic acids is 2. The molecule has 0 aliphatic carbocycles. The molecule has 24 heavy (non-hydrogen) atoms. The molecule has 8 heteroatoms. The van der Waals surface area contributed by atoms with Gasteiger partial charge in [-0.15, -0.1) is 0 Å². The number of hydrogen-bond acceptors (Lipinski definition) is 5. The molecule has 0 bridgehead atoms. The summed E-state index contributed by atoms with van der Waals surface area (Å²) < 4.78 is 6.81. The molecule has 0 fully saturated rings. The molecule has 1 heterocycles. The van der Waals surface area contributed by atoms with Crippen molar-refractivity contribution in [2.75, 3.05) is 39.7 Å². The minimum Gasteiger partial charge on any atom is -0.383 e. The maximum Gasteiger partial charge on any atom is 0.313 e. The zero-order valence-corrected chi connectivity index (χ0v) is 15.0. The van der Waals surface area contributed by atoms with Crippen LogP contribution in [0, 0.1) is 0 Å². The number of unbranched alkanes of at least 4 members (excludes halogenated alkanes) is 1. The van der Waals surface area contributed by atoms with Crippen molar-refractivity contribution in [3.05, 3.63) is 12.4 Å². The fraction of sp³-hybridized carbons (Fsp3) is 0.688. The number of nitrogens with zero attached hydrogens (tertiary/aromatic N) is 3. The Labute approximate surface area is 143 Å². The molecular formula is C16H29N5O3. The fourth-order valence-corrected chi connectivity index (χ4v) is 2.14. The summed E-state index contributed by atoms with van der Waals surface area (Å²) in [6.07, 6.45) is 6.01. The SMILES string of the molecule is CCCC[C@@H](COC)NC(=O)C(=O)Nc1cnn(CCN(C)C)c1. The van der Waals surface area contributed by atoms with Gasteiger partial charge in [0.15, 0.2) is 0 Å². The van der Waals surface area contributed by atoms with E-state index in [0.717, 1.165) is 25.8 Å². The van der Waals surface area contributed by atoms with E-state index < -0.39 is 11.8 Å². The average Bonchev–Trinajstić information content (AvgIpc) is 2.98. The smallest absolute Gasteiger partial charge is 0.313 e. The highest BCUT2D eigenvalue weighted by Gasteiger charge is 2.19. The first-order valence-corrected chi connectivity index (χ1v) is 8.24. The second kappa shape index (κ2) is 10.8. The molecule has 1 atom stereocenters. The van der Waals surface area contributed by atoms with Crippen molar-refractivity contribution in [1.29, 1.82) is 0 Å². The number of ether oxygens (including phenoxy) is 1. The monoisotopic (exact) mass is 339 g/mol. The number of methoxy groups -OCH3 is 1. The molecule has 2 amide bonds. The van der Waals surface area contributed by atoms with Crippen LogP contribution in [-0.2, 0) is 20.9 Å². The highest BCUT2D eigenvalue weighted by molar-refractivity contribution is 6.39. The van der Waals surface area contributed by atoms with E-state index in [1.54, 1.807) is 18.0 Å². The molecule has 0 radical (unpaired) electrons. The van der Waals surface area contributed by atoms with Crippen LogP contribution in [0.25, 0.3) is 0 Å². The Morgan fingerprint density at radius 1 is 1.38 bits per heavy atom. The van der Waals surface area contributed by atoms with Gasteiger partial charge in [-0.1, -0.05) is 19.8 Å². The Bertz CT molecular complexity index is 516. The van der Waals surface area contributed by atoms with Crippen LogP contribution in [-0.4, -0.2) is 66.9 Å². The molecule has 1 aromatic heterocycles. The predicted octanol–water partition coefficient (Wildman–Crippen LogP) is 0.705. The van der Waals surface area contributed by atoms with Crippen LogP contribution >= 0.6 is 0 Å². The van der Waals surface area contributed by atoms with Crippen molar-refractivity contribution in [2.45, 2.75) is 38.8 Å². The van der Waals surface area contributed by atoms with Gasteiger partial charge in [0, 0.05) is 19.9 Å². The van der Waals surface area contributed by atoms with Crippen LogP contribution in [0.15, 0.2) is 12.4 Å². The summed E-state index contributed by atoms with van der Waals surface area (Å²) in [5.74, 6) is -1.35. The standard InChI is InChI=1S/C16H29N5O3/c1-5-6-7-13(12-24-4)18-15(22)16(23)19-14-10-17-21(11-14)9-8-20(2)3/h10-11,13H,5-9,12H2,1-4H3,(H,18,22)(H,19,23)/t13-/m0/s1. The zero-order chi connectivity index (χ0) is 17.9. The number of rotatable bonds is 10. The number of nitrogens with one attached hydrogen (secondary N) is 2. The number of anilines is 1. The van der Waals surface area contributed by atoms with Gasteiger partial charge in [0.1, 0.15) is 0 Å². The van der Waals surface area contributed by atoms with E-state index in [1.807, 2.05) is 19.0 Å². The zero-order valence-electron chi connectivity index (χ0n) is 15.0. The first-order chi connectivity index (χ1) is 11.5. The lowest BCUT2D eigenvalue weighted by Crippen LogP contribution is -2.43. The molecule has 1 rings (SSSR count). The summed E-state index contributed by atoms with van der Waals surface area (Å²) >= 11 is 0. The highest BCUT2D eigenvalue weighted by Crippen LogP contribution is 2.05. The van der Waals surface area contributed by atoms with Crippen molar-refractivity contribution < 1.29 is 14.3 Å². The molecule has 1 aromatic rings. The average molecular weight is 339 g/mol. The maximum absolute atomic E-state index is 12.0. The molecule has 0 saturated heterocycles. The van der Waals surface area contributed by atoms with Crippen molar-refractivity contribution in [2.24, 2.45) is 0 Å². The number of likely N-dealkylation sites (N-methyl/N-ethyl adjacent to an activating group) is 1. The van der Waals surface area contributed by atoms with Gasteiger partial charge >= 0.3 is 11.8 Å². The van der Waals surface area contributed by atoms with E-state index in [9.17, 15) is 9.59 Å². The van der Waals surface area contributed by atoms with Crippen LogP contribution in [0.1, 0.15) is 26.2 Å². The molecular weight excluding hydrogens is 310 g/mol. The van der Waals surface area contributed by atoms with Crippen molar-refractivity contribution >= 4 is 17.5 Å². The summed E-state index contributed by atoms with van der Waals surface area (Å²) in [5.41, 5.74) is 0.505. The number of carbonyl (C=O) groups is 2. The van der Waals surface area contributed by atoms with Crippen LogP contribution in [0.3, 0.4) is 0 Å². The molecule has 136 valence electrons. The Morgan fingerprint density at radius 3 is 2.75 bits per heavy atom. The third kappa shape index (κ3) is 7.56. The van der Waals surface area contributed by atoms with Crippen LogP contribution in [0.4, 0.5) is 5.69 Å². The van der Waals surface area contributed by atoms with E-state index in [4.69, 9.17) is 4.74 Å². The molecule has 2 N–H and O–H groups in total. The van der Waals surface area contributed by atoms with Gasteiger partial charge in [-0.2, -0.15) is 5.10 Å². The Balaban J connectivity index is 2.49. The van der Waals surface area contributed by atoms with Gasteiger partial charge in [0.05, 0.1) is 31.1 Å². The minimum atomic E-state index is -0.695. The number of amides is 2. The summed E-state index contributed by atoms with van der Waals surface area (Å²) in [6.45, 7) is 4.02. The molecule has 0 aliphatic heterocycles. The molecule has 8 nitrogen and oxygen atoms in total. The predicted molar refractivity (Wildman–Crippen MR) is 92.7 cm³/mol. The van der Waals surface area contributed by atoms with Crippen LogP contribution < -0.4 is 10.6 Å². The lowest BCUT2D eigenvalue weighted by molar-refractivity contribution is -0.136. The van der Waals surface area contributed by atoms with Crippen molar-refractivity contribution in [1.82, 2.24) is 20.0 Å². The lowest BCUT2D eigenvalue weighted by atomic mass is 10.1. The summed E-state index contributed by atoms with van der Waals surface area (Å²) in [5, 5.41) is 9.43. The van der Waals surface area contributed by atoms with Gasteiger partial charge in [0.25, 0.3) is 0 Å². The molecule has 0 aromatic carbocycles. The Kier molecular flexibility index (Phi) is 9.03. The van der Waals surface area contributed by atoms with Crippen molar-refractivity contribution in [3.63, 3.8) is 0 Å². The second-order valence-corrected chi connectivity index (χ2v) is 6.02. The van der Waals surface area contributed by atoms with E-state index >= 15 is 0 Å². The molecule has 0 saturated carbocycles. The summed E-state index contributed by atoms with van der Waals surface area (Å²) in [4.78, 5) is 26.0. The topological polar surface area (TPSA) is 88.5 Å². The number of aromatic nitrogens is 2. The Hall–Kier alpha value is -1.93. The summed E-state index contributed by atoms with van der Waals surface area (Å²) in [6, 6.07) is -0.156. The largest absolute Gasteiger partial charge is 0.383 e. The second-order valence-electron chi connectivity index (χ2n) is 6.02. The van der Waals surface area contributed by atoms with E-state index in [2.05, 4.69) is 22.7 Å². The van der Waals surface area contributed by atoms with Gasteiger partial charge < -0.3 is 20.3 Å². The highest BCUT2D eigenvalue weighted by atomic mass is 16.5. The molecule has 0 aliphatic rings. The summed E-state index contributed by atoms with van der Waals surface area (Å²) in [7, 11) is 5.53. The third-order valence-corrected chi connectivity index (χ3v) is 3.48. The molecule has 0 unspecified atom stereocenters. The first-order valence-electron chi connectivity index (χ1n) is 8.24. The van der Waals surface area contributed by atoms with Gasteiger partial charge in [0.2, 0.25) is 0 Å². The van der Waals surface area contributed by atoms with E-state index in [0.29, 0.717) is 18.8 Å². The Morgan fingerprint density at radius 2 is 2.12 bits per heavy atom. The molecule has 0 spiro atoms. The third-order valence-electron chi connectivity index (χ3n) is 3.48.